The van der Waals surface area contributed by atoms with Gasteiger partial charge in [0, 0.05) is 10.8 Å². The molecule has 0 heterocycles. The average molecular weight is 306 g/mol. The molecule has 0 fully saturated rings. The van der Waals surface area contributed by atoms with Crippen molar-refractivity contribution in [3.8, 4) is 0 Å². The lowest BCUT2D eigenvalue weighted by Gasteiger charge is -2.25. The number of unbranched alkanes of at least 4 members (excludes halogenated alkanes) is 3. The summed E-state index contributed by atoms with van der Waals surface area (Å²) in [6, 6.07) is 0. The molecule has 0 unspecified atom stereocenters. The van der Waals surface area contributed by atoms with Gasteiger partial charge in [-0.3, -0.25) is 0 Å². The molecule has 0 radical (unpaired) electrons. The van der Waals surface area contributed by atoms with Crippen molar-refractivity contribution in [1.29, 1.82) is 0 Å². The molecule has 0 amide bonds. The van der Waals surface area contributed by atoms with Crippen molar-refractivity contribution in [2.24, 2.45) is 10.8 Å². The van der Waals surface area contributed by atoms with Crippen LogP contribution in [0.1, 0.15) is 72.6 Å². The third kappa shape index (κ3) is 10.2. The zero-order valence-electron chi connectivity index (χ0n) is 14.6. The summed E-state index contributed by atoms with van der Waals surface area (Å²) in [5.74, 6) is 0. The van der Waals surface area contributed by atoms with Gasteiger partial charge in [0.25, 0.3) is 0 Å². The topological polar surface area (TPSA) is 80.9 Å². The Balaban J connectivity index is 0. The van der Waals surface area contributed by atoms with E-state index in [0.717, 1.165) is 25.7 Å². The molecule has 0 atom stereocenters. The molecular formula is C17H38O4. The van der Waals surface area contributed by atoms with Gasteiger partial charge >= 0.3 is 0 Å². The predicted molar refractivity (Wildman–Crippen MR) is 88.2 cm³/mol. The molecule has 0 aromatic heterocycles. The largest absolute Gasteiger partial charge is 0.396 e. The van der Waals surface area contributed by atoms with Crippen molar-refractivity contribution >= 4 is 0 Å². The van der Waals surface area contributed by atoms with E-state index in [1.54, 1.807) is 0 Å². The lowest BCUT2D eigenvalue weighted by molar-refractivity contribution is 0.0480. The second-order valence-corrected chi connectivity index (χ2v) is 6.46. The lowest BCUT2D eigenvalue weighted by Crippen LogP contribution is -2.27. The standard InChI is InChI=1S/C10H22O2.C7H16O2/c1-3-4-5-6-7-10(2,8-11)9-12;1-3-7(4-2,5-8)6-9/h11-12H,3-9H2,1-2H3;8-9H,3-6H2,1-2H3. The molecule has 4 heteroatoms. The molecule has 0 aromatic carbocycles. The minimum atomic E-state index is -0.256. The normalized spacial score (nSPS) is 12.0. The zero-order chi connectivity index (χ0) is 16.8. The monoisotopic (exact) mass is 306 g/mol. The van der Waals surface area contributed by atoms with Crippen molar-refractivity contribution in [2.75, 3.05) is 26.4 Å². The Labute approximate surface area is 131 Å². The molecule has 21 heavy (non-hydrogen) atoms. The molecule has 0 aromatic rings. The minimum Gasteiger partial charge on any atom is -0.396 e. The SMILES string of the molecule is CCC(CC)(CO)CO.CCCCCCC(C)(CO)CO. The fraction of sp³-hybridized carbons (Fsp3) is 1.00. The maximum Gasteiger partial charge on any atom is 0.0509 e. The fourth-order valence-electron chi connectivity index (χ4n) is 1.93. The van der Waals surface area contributed by atoms with Crippen molar-refractivity contribution < 1.29 is 20.4 Å². The molecule has 0 aliphatic carbocycles. The van der Waals surface area contributed by atoms with Gasteiger partial charge in [0.2, 0.25) is 0 Å². The molecule has 0 saturated carbocycles. The molecule has 130 valence electrons. The summed E-state index contributed by atoms with van der Waals surface area (Å²) < 4.78 is 0. The van der Waals surface area contributed by atoms with Crippen LogP contribution in [-0.4, -0.2) is 46.9 Å². The van der Waals surface area contributed by atoms with E-state index in [2.05, 4.69) is 6.92 Å². The molecular weight excluding hydrogens is 268 g/mol. The van der Waals surface area contributed by atoms with E-state index in [1.165, 1.54) is 19.3 Å². The highest BCUT2D eigenvalue weighted by Gasteiger charge is 2.23. The van der Waals surface area contributed by atoms with E-state index in [1.807, 2.05) is 20.8 Å². The maximum absolute atomic E-state index is 8.98. The smallest absolute Gasteiger partial charge is 0.0509 e. The second kappa shape index (κ2) is 13.5. The Hall–Kier alpha value is -0.160. The Kier molecular flexibility index (Phi) is 14.9. The van der Waals surface area contributed by atoms with Crippen LogP contribution in [0.25, 0.3) is 0 Å². The lowest BCUT2D eigenvalue weighted by atomic mass is 9.84. The number of hydrogen-bond donors (Lipinski definition) is 4. The minimum absolute atomic E-state index is 0.0929. The van der Waals surface area contributed by atoms with E-state index < -0.39 is 0 Å². The molecule has 4 nitrogen and oxygen atoms in total. The Morgan fingerprint density at radius 3 is 1.38 bits per heavy atom. The third-order valence-corrected chi connectivity index (χ3v) is 4.57. The molecule has 0 aliphatic heterocycles. The van der Waals surface area contributed by atoms with Crippen molar-refractivity contribution in [2.45, 2.75) is 72.6 Å². The van der Waals surface area contributed by atoms with Crippen LogP contribution in [0.15, 0.2) is 0 Å². The predicted octanol–water partition coefficient (Wildman–Crippen LogP) is 2.73. The number of hydrogen-bond acceptors (Lipinski definition) is 4. The van der Waals surface area contributed by atoms with Gasteiger partial charge in [-0.25, -0.2) is 0 Å². The first-order valence-corrected chi connectivity index (χ1v) is 8.36. The highest BCUT2D eigenvalue weighted by atomic mass is 16.3. The van der Waals surface area contributed by atoms with E-state index >= 15 is 0 Å². The first-order chi connectivity index (χ1) is 9.92. The van der Waals surface area contributed by atoms with Crippen molar-refractivity contribution in [3.05, 3.63) is 0 Å². The van der Waals surface area contributed by atoms with Gasteiger partial charge < -0.3 is 20.4 Å². The van der Waals surface area contributed by atoms with E-state index in [9.17, 15) is 0 Å². The van der Waals surface area contributed by atoms with Crippen LogP contribution >= 0.6 is 0 Å². The van der Waals surface area contributed by atoms with Crippen LogP contribution in [0.2, 0.25) is 0 Å². The zero-order valence-corrected chi connectivity index (χ0v) is 14.6. The van der Waals surface area contributed by atoms with Gasteiger partial charge in [0.15, 0.2) is 0 Å². The first-order valence-electron chi connectivity index (χ1n) is 8.36. The van der Waals surface area contributed by atoms with Crippen LogP contribution in [0, 0.1) is 10.8 Å². The number of rotatable bonds is 11. The summed E-state index contributed by atoms with van der Waals surface area (Å²) in [6.45, 7) is 8.44. The summed E-state index contributed by atoms with van der Waals surface area (Å²) in [4.78, 5) is 0. The molecule has 4 N–H and O–H groups in total. The fourth-order valence-corrected chi connectivity index (χ4v) is 1.93. The van der Waals surface area contributed by atoms with Gasteiger partial charge in [-0.2, -0.15) is 0 Å². The van der Waals surface area contributed by atoms with Crippen LogP contribution in [0.3, 0.4) is 0 Å². The Morgan fingerprint density at radius 1 is 0.667 bits per heavy atom. The molecule has 0 saturated heterocycles. The van der Waals surface area contributed by atoms with Gasteiger partial charge in [0.05, 0.1) is 26.4 Å². The molecule has 0 aliphatic rings. The van der Waals surface area contributed by atoms with Gasteiger partial charge in [-0.05, 0) is 19.3 Å². The van der Waals surface area contributed by atoms with Gasteiger partial charge in [-0.15, -0.1) is 0 Å². The van der Waals surface area contributed by atoms with E-state index in [0.29, 0.717) is 0 Å². The van der Waals surface area contributed by atoms with Gasteiger partial charge in [-0.1, -0.05) is 53.4 Å². The van der Waals surface area contributed by atoms with E-state index in [-0.39, 0.29) is 37.3 Å². The van der Waals surface area contributed by atoms with E-state index in [4.69, 9.17) is 20.4 Å². The van der Waals surface area contributed by atoms with Crippen LogP contribution in [0.5, 0.6) is 0 Å². The third-order valence-electron chi connectivity index (χ3n) is 4.57. The quantitative estimate of drug-likeness (QED) is 0.442. The molecule has 0 spiro atoms. The highest BCUT2D eigenvalue weighted by Crippen LogP contribution is 2.24. The Bertz CT molecular complexity index is 193. The second-order valence-electron chi connectivity index (χ2n) is 6.46. The summed E-state index contributed by atoms with van der Waals surface area (Å²) in [6.07, 6.45) is 7.44. The average Bonchev–Trinajstić information content (AvgIpc) is 2.55. The number of aliphatic hydroxyl groups excluding tert-OH is 4. The summed E-state index contributed by atoms with van der Waals surface area (Å²) in [5, 5.41) is 35.6. The number of aliphatic hydroxyl groups is 4. The van der Waals surface area contributed by atoms with Crippen LogP contribution in [-0.2, 0) is 0 Å². The summed E-state index contributed by atoms with van der Waals surface area (Å²) in [5.41, 5.74) is -0.478. The summed E-state index contributed by atoms with van der Waals surface area (Å²) in [7, 11) is 0. The first kappa shape index (κ1) is 23.1. The Morgan fingerprint density at radius 2 is 1.14 bits per heavy atom. The summed E-state index contributed by atoms with van der Waals surface area (Å²) >= 11 is 0. The molecule has 0 rings (SSSR count). The van der Waals surface area contributed by atoms with Gasteiger partial charge in [0.1, 0.15) is 0 Å². The van der Waals surface area contributed by atoms with Crippen molar-refractivity contribution in [3.63, 3.8) is 0 Å². The van der Waals surface area contributed by atoms with Crippen LogP contribution in [0.4, 0.5) is 0 Å². The van der Waals surface area contributed by atoms with Crippen molar-refractivity contribution in [1.82, 2.24) is 0 Å². The van der Waals surface area contributed by atoms with Crippen LogP contribution < -0.4 is 0 Å². The maximum atomic E-state index is 8.98. The molecule has 0 bridgehead atoms. The highest BCUT2D eigenvalue weighted by molar-refractivity contribution is 4.73.